The molecule has 0 aromatic heterocycles. The number of halogens is 3. The third-order valence-electron chi connectivity index (χ3n) is 1.98. The van der Waals surface area contributed by atoms with Crippen molar-refractivity contribution < 1.29 is 9.18 Å². The smallest absolute Gasteiger partial charge is 0.137 e. The van der Waals surface area contributed by atoms with Crippen molar-refractivity contribution in [3.05, 3.63) is 34.1 Å². The van der Waals surface area contributed by atoms with E-state index in [9.17, 15) is 9.18 Å². The fourth-order valence-electron chi connectivity index (χ4n) is 1.24. The predicted octanol–water partition coefficient (Wildman–Crippen LogP) is 3.72. The highest BCUT2D eigenvalue weighted by atomic mass is 79.9. The Morgan fingerprint density at radius 3 is 2.87 bits per heavy atom. The Labute approximate surface area is 102 Å². The normalized spacial score (nSPS) is 10.3. The second-order valence-electron chi connectivity index (χ2n) is 3.24. The Kier molecular flexibility index (Phi) is 5.26. The van der Waals surface area contributed by atoms with Crippen molar-refractivity contribution in [1.82, 2.24) is 0 Å². The Balaban J connectivity index is 2.63. The first-order chi connectivity index (χ1) is 7.13. The lowest BCUT2D eigenvalue weighted by molar-refractivity contribution is -0.118. The molecule has 1 aromatic carbocycles. The minimum absolute atomic E-state index is 0.0210. The summed E-state index contributed by atoms with van der Waals surface area (Å²) >= 11 is 8.71. The summed E-state index contributed by atoms with van der Waals surface area (Å²) in [4.78, 5) is 11.4. The first-order valence-electron chi connectivity index (χ1n) is 4.65. The molecule has 0 saturated carbocycles. The number of carbonyl (C=O) groups excluding carboxylic acids is 1. The maximum atomic E-state index is 13.3. The van der Waals surface area contributed by atoms with Gasteiger partial charge in [-0.15, -0.1) is 11.6 Å². The molecule has 0 amide bonds. The molecule has 0 aliphatic rings. The van der Waals surface area contributed by atoms with E-state index >= 15 is 0 Å². The minimum Gasteiger partial charge on any atom is -0.299 e. The lowest BCUT2D eigenvalue weighted by Crippen LogP contribution is -2.04. The van der Waals surface area contributed by atoms with Crippen LogP contribution in [-0.4, -0.2) is 11.7 Å². The van der Waals surface area contributed by atoms with Crippen molar-refractivity contribution in [3.63, 3.8) is 0 Å². The van der Waals surface area contributed by atoms with Crippen molar-refractivity contribution >= 4 is 33.3 Å². The first-order valence-corrected chi connectivity index (χ1v) is 5.98. The first kappa shape index (κ1) is 12.7. The van der Waals surface area contributed by atoms with Crippen molar-refractivity contribution in [3.8, 4) is 0 Å². The summed E-state index contributed by atoms with van der Waals surface area (Å²) in [6.45, 7) is 0. The predicted molar refractivity (Wildman–Crippen MR) is 62.8 cm³/mol. The summed E-state index contributed by atoms with van der Waals surface area (Å²) in [6, 6.07) is 4.60. The molecule has 0 N–H and O–H groups in total. The maximum Gasteiger partial charge on any atom is 0.137 e. The standard InChI is InChI=1S/C11H11BrClFO/c12-9-3-4-11(14)8(6-9)7-10(15)2-1-5-13/h3-4,6H,1-2,5,7H2. The molecule has 0 spiro atoms. The van der Waals surface area contributed by atoms with Crippen LogP contribution in [0.2, 0.25) is 0 Å². The van der Waals surface area contributed by atoms with E-state index in [2.05, 4.69) is 15.9 Å². The van der Waals surface area contributed by atoms with Crippen LogP contribution in [-0.2, 0) is 11.2 Å². The van der Waals surface area contributed by atoms with Gasteiger partial charge in [0.25, 0.3) is 0 Å². The summed E-state index contributed by atoms with van der Waals surface area (Å²) < 4.78 is 14.0. The molecular weight excluding hydrogens is 282 g/mol. The molecule has 1 rings (SSSR count). The number of benzene rings is 1. The van der Waals surface area contributed by atoms with Crippen LogP contribution in [0.15, 0.2) is 22.7 Å². The van der Waals surface area contributed by atoms with E-state index in [0.29, 0.717) is 24.3 Å². The third kappa shape index (κ3) is 4.31. The second-order valence-corrected chi connectivity index (χ2v) is 4.54. The van der Waals surface area contributed by atoms with Gasteiger partial charge >= 0.3 is 0 Å². The van der Waals surface area contributed by atoms with Crippen LogP contribution < -0.4 is 0 Å². The number of Topliss-reactive ketones (excluding diaryl/α,β-unsaturated/α-hetero) is 1. The maximum absolute atomic E-state index is 13.3. The molecule has 0 fully saturated rings. The average molecular weight is 294 g/mol. The number of alkyl halides is 1. The topological polar surface area (TPSA) is 17.1 Å². The van der Waals surface area contributed by atoms with Gasteiger partial charge in [0.05, 0.1) is 0 Å². The lowest BCUT2D eigenvalue weighted by Gasteiger charge is -2.02. The lowest BCUT2D eigenvalue weighted by atomic mass is 10.1. The van der Waals surface area contributed by atoms with E-state index < -0.39 is 0 Å². The molecule has 0 atom stereocenters. The van der Waals surface area contributed by atoms with Crippen LogP contribution in [0, 0.1) is 5.82 Å². The van der Waals surface area contributed by atoms with Crippen molar-refractivity contribution in [2.45, 2.75) is 19.3 Å². The molecule has 15 heavy (non-hydrogen) atoms. The van der Waals surface area contributed by atoms with Gasteiger partial charge < -0.3 is 0 Å². The molecule has 1 nitrogen and oxygen atoms in total. The van der Waals surface area contributed by atoms with Crippen molar-refractivity contribution in [1.29, 1.82) is 0 Å². The second kappa shape index (κ2) is 6.23. The number of rotatable bonds is 5. The number of ketones is 1. The Morgan fingerprint density at radius 2 is 2.20 bits per heavy atom. The summed E-state index contributed by atoms with van der Waals surface area (Å²) in [5.74, 6) is 0.150. The molecule has 0 bridgehead atoms. The Morgan fingerprint density at radius 1 is 1.47 bits per heavy atom. The van der Waals surface area contributed by atoms with E-state index in [1.165, 1.54) is 6.07 Å². The number of carbonyl (C=O) groups is 1. The summed E-state index contributed by atoms with van der Waals surface area (Å²) in [5, 5.41) is 0. The van der Waals surface area contributed by atoms with Gasteiger partial charge in [-0.3, -0.25) is 4.79 Å². The average Bonchev–Trinajstić information content (AvgIpc) is 2.20. The zero-order chi connectivity index (χ0) is 11.3. The van der Waals surface area contributed by atoms with E-state index in [-0.39, 0.29) is 18.0 Å². The highest BCUT2D eigenvalue weighted by molar-refractivity contribution is 9.10. The molecule has 0 unspecified atom stereocenters. The molecule has 0 radical (unpaired) electrons. The zero-order valence-corrected chi connectivity index (χ0v) is 10.4. The van der Waals surface area contributed by atoms with Crippen LogP contribution in [0.25, 0.3) is 0 Å². The van der Waals surface area contributed by atoms with Gasteiger partial charge in [0.15, 0.2) is 0 Å². The fourth-order valence-corrected chi connectivity index (χ4v) is 1.79. The van der Waals surface area contributed by atoms with Gasteiger partial charge in [-0.2, -0.15) is 0 Å². The molecule has 0 aliphatic carbocycles. The minimum atomic E-state index is -0.336. The van der Waals surface area contributed by atoms with Crippen LogP contribution in [0.1, 0.15) is 18.4 Å². The monoisotopic (exact) mass is 292 g/mol. The quantitative estimate of drug-likeness (QED) is 0.756. The van der Waals surface area contributed by atoms with E-state index in [1.807, 2.05) is 0 Å². The zero-order valence-electron chi connectivity index (χ0n) is 8.10. The fraction of sp³-hybridized carbons (Fsp3) is 0.364. The Bertz CT molecular complexity index is 354. The van der Waals surface area contributed by atoms with Gasteiger partial charge in [0.1, 0.15) is 11.6 Å². The van der Waals surface area contributed by atoms with Gasteiger partial charge in [-0.1, -0.05) is 15.9 Å². The van der Waals surface area contributed by atoms with Crippen LogP contribution in [0.5, 0.6) is 0 Å². The largest absolute Gasteiger partial charge is 0.299 e. The third-order valence-corrected chi connectivity index (χ3v) is 2.75. The highest BCUT2D eigenvalue weighted by Gasteiger charge is 2.08. The summed E-state index contributed by atoms with van der Waals surface area (Å²) in [5.41, 5.74) is 0.434. The molecule has 82 valence electrons. The summed E-state index contributed by atoms with van der Waals surface area (Å²) in [7, 11) is 0. The van der Waals surface area contributed by atoms with Gasteiger partial charge in [-0.05, 0) is 30.2 Å². The molecule has 0 saturated heterocycles. The van der Waals surface area contributed by atoms with Gasteiger partial charge in [0.2, 0.25) is 0 Å². The molecule has 0 heterocycles. The Hall–Kier alpha value is -0.410. The van der Waals surface area contributed by atoms with E-state index in [4.69, 9.17) is 11.6 Å². The van der Waals surface area contributed by atoms with Gasteiger partial charge in [-0.25, -0.2) is 4.39 Å². The number of hydrogen-bond donors (Lipinski definition) is 0. The van der Waals surface area contributed by atoms with Crippen LogP contribution in [0.3, 0.4) is 0 Å². The van der Waals surface area contributed by atoms with E-state index in [0.717, 1.165) is 4.47 Å². The highest BCUT2D eigenvalue weighted by Crippen LogP contribution is 2.16. The van der Waals surface area contributed by atoms with Gasteiger partial charge in [0, 0.05) is 23.2 Å². The molecule has 4 heteroatoms. The summed E-state index contributed by atoms with van der Waals surface area (Å²) in [6.07, 6.45) is 1.20. The molecular formula is C11H11BrClFO. The van der Waals surface area contributed by atoms with E-state index in [1.54, 1.807) is 12.1 Å². The van der Waals surface area contributed by atoms with Crippen LogP contribution >= 0.6 is 27.5 Å². The van der Waals surface area contributed by atoms with Crippen LogP contribution in [0.4, 0.5) is 4.39 Å². The molecule has 0 aliphatic heterocycles. The SMILES string of the molecule is O=C(CCCCl)Cc1cc(Br)ccc1F. The van der Waals surface area contributed by atoms with Crippen molar-refractivity contribution in [2.75, 3.05) is 5.88 Å². The molecule has 1 aromatic rings. The van der Waals surface area contributed by atoms with Crippen molar-refractivity contribution in [2.24, 2.45) is 0 Å². The number of hydrogen-bond acceptors (Lipinski definition) is 1.